The molecule has 0 aromatic heterocycles. The average Bonchev–Trinajstić information content (AvgIpc) is 2.42. The summed E-state index contributed by atoms with van der Waals surface area (Å²) in [5.41, 5.74) is 5.97. The van der Waals surface area contributed by atoms with Crippen molar-refractivity contribution in [1.82, 2.24) is 15.1 Å². The summed E-state index contributed by atoms with van der Waals surface area (Å²) in [7, 11) is 2.06. The van der Waals surface area contributed by atoms with E-state index in [0.29, 0.717) is 0 Å². The van der Waals surface area contributed by atoms with Gasteiger partial charge in [-0.1, -0.05) is 30.3 Å². The van der Waals surface area contributed by atoms with Crippen LogP contribution in [0.1, 0.15) is 18.5 Å². The second-order valence-corrected chi connectivity index (χ2v) is 5.52. The summed E-state index contributed by atoms with van der Waals surface area (Å²) in [4.78, 5) is 27.8. The van der Waals surface area contributed by atoms with Gasteiger partial charge in [0, 0.05) is 25.7 Å². The number of benzene rings is 1. The van der Waals surface area contributed by atoms with Crippen LogP contribution in [0.5, 0.6) is 0 Å². The molecule has 0 bridgehead atoms. The van der Waals surface area contributed by atoms with Gasteiger partial charge < -0.3 is 10.6 Å². The molecule has 1 aromatic rings. The Morgan fingerprint density at radius 2 is 1.95 bits per heavy atom. The smallest absolute Gasteiger partial charge is 0.318 e. The van der Waals surface area contributed by atoms with Gasteiger partial charge >= 0.3 is 6.03 Å². The number of imide groups is 1. The molecule has 0 aliphatic carbocycles. The highest BCUT2D eigenvalue weighted by Gasteiger charge is 2.34. The summed E-state index contributed by atoms with van der Waals surface area (Å²) in [5.74, 6) is -0.370. The van der Waals surface area contributed by atoms with Crippen LogP contribution in [0.2, 0.25) is 0 Å². The first-order chi connectivity index (χ1) is 9.99. The van der Waals surface area contributed by atoms with Crippen LogP contribution in [-0.2, 0) is 4.79 Å². The van der Waals surface area contributed by atoms with Crippen molar-refractivity contribution in [3.05, 3.63) is 35.9 Å². The highest BCUT2D eigenvalue weighted by molar-refractivity contribution is 5.96. The maximum Gasteiger partial charge on any atom is 0.318 e. The van der Waals surface area contributed by atoms with Crippen molar-refractivity contribution in [2.75, 3.05) is 26.7 Å². The highest BCUT2D eigenvalue weighted by atomic mass is 16.2. The lowest BCUT2D eigenvalue weighted by Gasteiger charge is -2.42. The maximum atomic E-state index is 12.4. The van der Waals surface area contributed by atoms with E-state index in [1.807, 2.05) is 30.3 Å². The zero-order chi connectivity index (χ0) is 15.4. The van der Waals surface area contributed by atoms with Gasteiger partial charge in [-0.25, -0.2) is 4.79 Å². The summed E-state index contributed by atoms with van der Waals surface area (Å²) in [6, 6.07) is 8.38. The van der Waals surface area contributed by atoms with Crippen LogP contribution < -0.4 is 11.1 Å². The number of hydrogen-bond donors (Lipinski definition) is 2. The first-order valence-electron chi connectivity index (χ1n) is 7.08. The summed E-state index contributed by atoms with van der Waals surface area (Å²) < 4.78 is 0. The van der Waals surface area contributed by atoms with Crippen molar-refractivity contribution in [3.8, 4) is 0 Å². The van der Waals surface area contributed by atoms with Gasteiger partial charge in [0.15, 0.2) is 0 Å². The van der Waals surface area contributed by atoms with Crippen molar-refractivity contribution < 1.29 is 9.59 Å². The molecule has 1 saturated heterocycles. The van der Waals surface area contributed by atoms with Gasteiger partial charge in [-0.3, -0.25) is 15.0 Å². The molecule has 21 heavy (non-hydrogen) atoms. The molecule has 0 unspecified atom stereocenters. The van der Waals surface area contributed by atoms with Crippen LogP contribution in [0.3, 0.4) is 0 Å². The molecule has 0 saturated carbocycles. The van der Waals surface area contributed by atoms with E-state index in [-0.39, 0.29) is 11.9 Å². The zero-order valence-corrected chi connectivity index (χ0v) is 12.5. The predicted molar refractivity (Wildman–Crippen MR) is 80.6 cm³/mol. The predicted octanol–water partition coefficient (Wildman–Crippen LogP) is 0.559. The monoisotopic (exact) mass is 290 g/mol. The second kappa shape index (κ2) is 6.69. The molecule has 1 aliphatic rings. The molecule has 6 nitrogen and oxygen atoms in total. The molecular formula is C15H22N4O2. The van der Waals surface area contributed by atoms with E-state index in [2.05, 4.69) is 29.1 Å². The molecule has 0 radical (unpaired) electrons. The van der Waals surface area contributed by atoms with E-state index in [1.165, 1.54) is 0 Å². The number of piperazine rings is 1. The van der Waals surface area contributed by atoms with Crippen molar-refractivity contribution in [1.29, 1.82) is 0 Å². The van der Waals surface area contributed by atoms with Gasteiger partial charge in [0.05, 0.1) is 0 Å². The quantitative estimate of drug-likeness (QED) is 0.852. The molecule has 1 aliphatic heterocycles. The number of primary amides is 1. The average molecular weight is 290 g/mol. The number of rotatable bonds is 3. The van der Waals surface area contributed by atoms with Crippen LogP contribution in [0.25, 0.3) is 0 Å². The van der Waals surface area contributed by atoms with Crippen LogP contribution in [-0.4, -0.2) is 54.5 Å². The van der Waals surface area contributed by atoms with Crippen LogP contribution >= 0.6 is 0 Å². The van der Waals surface area contributed by atoms with Gasteiger partial charge in [0.25, 0.3) is 0 Å². The fourth-order valence-electron chi connectivity index (χ4n) is 2.86. The molecule has 3 N–H and O–H groups in total. The Morgan fingerprint density at radius 1 is 1.29 bits per heavy atom. The van der Waals surface area contributed by atoms with Crippen molar-refractivity contribution >= 4 is 11.9 Å². The van der Waals surface area contributed by atoms with E-state index >= 15 is 0 Å². The first-order valence-corrected chi connectivity index (χ1v) is 7.08. The molecular weight excluding hydrogens is 268 g/mol. The van der Waals surface area contributed by atoms with Gasteiger partial charge in [0.2, 0.25) is 5.91 Å². The number of nitrogens with zero attached hydrogens (tertiary/aromatic N) is 2. The lowest BCUT2D eigenvalue weighted by atomic mass is 10.0. The number of hydrogen-bond acceptors (Lipinski definition) is 4. The van der Waals surface area contributed by atoms with Crippen LogP contribution in [0, 0.1) is 0 Å². The highest BCUT2D eigenvalue weighted by Crippen LogP contribution is 2.25. The van der Waals surface area contributed by atoms with Gasteiger partial charge in [0.1, 0.15) is 6.04 Å². The second-order valence-electron chi connectivity index (χ2n) is 5.52. The molecule has 2 atom stereocenters. The number of urea groups is 1. The number of nitrogens with two attached hydrogens (primary N) is 1. The molecule has 114 valence electrons. The van der Waals surface area contributed by atoms with E-state index in [0.717, 1.165) is 25.2 Å². The molecule has 2 rings (SSSR count). The maximum absolute atomic E-state index is 12.4. The third-order valence-electron chi connectivity index (χ3n) is 3.82. The Kier molecular flexibility index (Phi) is 4.93. The van der Waals surface area contributed by atoms with Crippen molar-refractivity contribution in [2.24, 2.45) is 5.73 Å². The summed E-state index contributed by atoms with van der Waals surface area (Å²) in [5, 5.41) is 2.22. The number of carbonyl (C=O) groups is 2. The zero-order valence-electron chi connectivity index (χ0n) is 12.5. The Balaban J connectivity index is 2.27. The fraction of sp³-hybridized carbons (Fsp3) is 0.467. The van der Waals surface area contributed by atoms with Crippen LogP contribution in [0.15, 0.2) is 30.3 Å². The number of amides is 3. The summed E-state index contributed by atoms with van der Waals surface area (Å²) in [6.07, 6.45) is 0. The first kappa shape index (κ1) is 15.5. The lowest BCUT2D eigenvalue weighted by molar-refractivity contribution is -0.127. The Bertz CT molecular complexity index is 506. The number of nitrogens with one attached hydrogen (secondary N) is 1. The van der Waals surface area contributed by atoms with E-state index < -0.39 is 12.1 Å². The molecule has 1 fully saturated rings. The van der Waals surface area contributed by atoms with Crippen molar-refractivity contribution in [3.63, 3.8) is 0 Å². The Hall–Kier alpha value is -1.92. The molecule has 1 aromatic carbocycles. The third-order valence-corrected chi connectivity index (χ3v) is 3.82. The molecule has 3 amide bonds. The standard InChI is InChI=1S/C15H22N4O2/c1-11-10-18(2)8-9-19(11)13(14(20)17-15(16)21)12-6-4-3-5-7-12/h3-7,11,13H,8-10H2,1-2H3,(H3,16,17,20,21)/t11-,13-/m0/s1. The van der Waals surface area contributed by atoms with Gasteiger partial charge in [-0.2, -0.15) is 0 Å². The SMILES string of the molecule is C[C@H]1CN(C)CCN1[C@H](C(=O)NC(N)=O)c1ccccc1. The molecule has 6 heteroatoms. The minimum Gasteiger partial charge on any atom is -0.351 e. The van der Waals surface area contributed by atoms with Gasteiger partial charge in [-0.15, -0.1) is 0 Å². The third kappa shape index (κ3) is 3.80. The topological polar surface area (TPSA) is 78.7 Å². The minimum atomic E-state index is -0.817. The molecule has 1 heterocycles. The summed E-state index contributed by atoms with van der Waals surface area (Å²) in [6.45, 7) is 4.62. The van der Waals surface area contributed by atoms with Gasteiger partial charge in [-0.05, 0) is 19.5 Å². The molecule has 0 spiro atoms. The van der Waals surface area contributed by atoms with E-state index in [4.69, 9.17) is 5.73 Å². The Morgan fingerprint density at radius 3 is 2.52 bits per heavy atom. The number of likely N-dealkylation sites (N-methyl/N-ethyl adjacent to an activating group) is 1. The van der Waals surface area contributed by atoms with Crippen LogP contribution in [0.4, 0.5) is 4.79 Å². The normalized spacial score (nSPS) is 21.7. The number of carbonyl (C=O) groups excluding carboxylic acids is 2. The largest absolute Gasteiger partial charge is 0.351 e. The minimum absolute atomic E-state index is 0.215. The lowest BCUT2D eigenvalue weighted by Crippen LogP contribution is -2.55. The van der Waals surface area contributed by atoms with Crippen molar-refractivity contribution in [2.45, 2.75) is 19.0 Å². The van der Waals surface area contributed by atoms with E-state index in [1.54, 1.807) is 0 Å². The van der Waals surface area contributed by atoms with E-state index in [9.17, 15) is 9.59 Å². The Labute approximate surface area is 124 Å². The summed E-state index contributed by atoms with van der Waals surface area (Å²) >= 11 is 0. The fourth-order valence-corrected chi connectivity index (χ4v) is 2.86.